The van der Waals surface area contributed by atoms with Crippen molar-refractivity contribution in [2.24, 2.45) is 0 Å². The molecule has 0 saturated carbocycles. The number of aryl methyl sites for hydroxylation is 1. The average Bonchev–Trinajstić information content (AvgIpc) is 3.16. The third kappa shape index (κ3) is 4.42. The van der Waals surface area contributed by atoms with Gasteiger partial charge < -0.3 is 15.0 Å². The number of nitrogens with one attached hydrogen (secondary N) is 1. The van der Waals surface area contributed by atoms with E-state index in [9.17, 15) is 9.59 Å². The molecular weight excluding hydrogens is 328 g/mol. The van der Waals surface area contributed by atoms with Gasteiger partial charge in [-0.25, -0.2) is 0 Å². The SMILES string of the molecule is Cc1cccc(O[C@H](C)C(=O)Nc2ccc(C(=O)N3CCCC3)cc2)c1. The third-order valence-electron chi connectivity index (χ3n) is 4.46. The van der Waals surface area contributed by atoms with Gasteiger partial charge >= 0.3 is 0 Å². The lowest BCUT2D eigenvalue weighted by molar-refractivity contribution is -0.122. The lowest BCUT2D eigenvalue weighted by Gasteiger charge is -2.16. The van der Waals surface area contributed by atoms with Crippen LogP contribution < -0.4 is 10.1 Å². The van der Waals surface area contributed by atoms with E-state index in [-0.39, 0.29) is 11.8 Å². The normalized spacial score (nSPS) is 14.8. The highest BCUT2D eigenvalue weighted by atomic mass is 16.5. The number of carbonyl (C=O) groups is 2. The number of likely N-dealkylation sites (tertiary alicyclic amines) is 1. The van der Waals surface area contributed by atoms with E-state index < -0.39 is 6.10 Å². The van der Waals surface area contributed by atoms with Gasteiger partial charge in [-0.1, -0.05) is 12.1 Å². The molecule has 0 spiro atoms. The van der Waals surface area contributed by atoms with Gasteiger partial charge in [0.2, 0.25) is 0 Å². The van der Waals surface area contributed by atoms with E-state index in [4.69, 9.17) is 4.74 Å². The van der Waals surface area contributed by atoms with Crippen LogP contribution in [-0.4, -0.2) is 35.9 Å². The number of nitrogens with zero attached hydrogens (tertiary/aromatic N) is 1. The van der Waals surface area contributed by atoms with Gasteiger partial charge in [-0.15, -0.1) is 0 Å². The molecule has 136 valence electrons. The Labute approximate surface area is 154 Å². The number of carbonyl (C=O) groups excluding carboxylic acids is 2. The Hall–Kier alpha value is -2.82. The van der Waals surface area contributed by atoms with Gasteiger partial charge in [0.05, 0.1) is 0 Å². The van der Waals surface area contributed by atoms with E-state index in [1.807, 2.05) is 36.1 Å². The Morgan fingerprint density at radius 2 is 1.77 bits per heavy atom. The van der Waals surface area contributed by atoms with Crippen LogP contribution in [0.25, 0.3) is 0 Å². The van der Waals surface area contributed by atoms with Crippen LogP contribution in [-0.2, 0) is 4.79 Å². The summed E-state index contributed by atoms with van der Waals surface area (Å²) in [4.78, 5) is 26.5. The molecule has 1 N–H and O–H groups in total. The molecule has 0 bridgehead atoms. The van der Waals surface area contributed by atoms with Crippen LogP contribution in [0.4, 0.5) is 5.69 Å². The van der Waals surface area contributed by atoms with Crippen LogP contribution in [0.1, 0.15) is 35.7 Å². The van der Waals surface area contributed by atoms with Crippen LogP contribution in [0, 0.1) is 6.92 Å². The molecule has 5 heteroatoms. The number of ether oxygens (including phenoxy) is 1. The first kappa shape index (κ1) is 18.0. The molecule has 2 aromatic rings. The predicted octanol–water partition coefficient (Wildman–Crippen LogP) is 3.64. The van der Waals surface area contributed by atoms with E-state index in [0.29, 0.717) is 17.0 Å². The molecule has 1 saturated heterocycles. The smallest absolute Gasteiger partial charge is 0.265 e. The number of hydrogen-bond acceptors (Lipinski definition) is 3. The van der Waals surface area contributed by atoms with Gasteiger partial charge in [0.15, 0.2) is 6.10 Å². The van der Waals surface area contributed by atoms with Crippen LogP contribution in [0.5, 0.6) is 5.75 Å². The van der Waals surface area contributed by atoms with Crippen molar-refractivity contribution in [3.63, 3.8) is 0 Å². The predicted molar refractivity (Wildman–Crippen MR) is 101 cm³/mol. The fraction of sp³-hybridized carbons (Fsp3) is 0.333. The summed E-state index contributed by atoms with van der Waals surface area (Å²) in [7, 11) is 0. The molecule has 0 radical (unpaired) electrons. The summed E-state index contributed by atoms with van der Waals surface area (Å²) in [5, 5.41) is 2.82. The summed E-state index contributed by atoms with van der Waals surface area (Å²) >= 11 is 0. The number of anilines is 1. The van der Waals surface area contributed by atoms with Crippen molar-refractivity contribution in [2.45, 2.75) is 32.8 Å². The standard InChI is InChI=1S/C21H24N2O3/c1-15-6-5-7-19(14-15)26-16(2)20(24)22-18-10-8-17(9-11-18)21(25)23-12-3-4-13-23/h5-11,14,16H,3-4,12-13H2,1-2H3,(H,22,24)/t16-/m1/s1. The summed E-state index contributed by atoms with van der Waals surface area (Å²) in [6, 6.07) is 14.6. The number of benzene rings is 2. The second kappa shape index (κ2) is 8.04. The summed E-state index contributed by atoms with van der Waals surface area (Å²) < 4.78 is 5.69. The topological polar surface area (TPSA) is 58.6 Å². The van der Waals surface area contributed by atoms with Gasteiger partial charge in [0.1, 0.15) is 5.75 Å². The Bertz CT molecular complexity index is 780. The summed E-state index contributed by atoms with van der Waals surface area (Å²) in [5.74, 6) is 0.487. The van der Waals surface area contributed by atoms with Crippen molar-refractivity contribution in [3.8, 4) is 5.75 Å². The van der Waals surface area contributed by atoms with Crippen LogP contribution in [0.3, 0.4) is 0 Å². The van der Waals surface area contributed by atoms with Gasteiger partial charge in [-0.05, 0) is 68.7 Å². The minimum Gasteiger partial charge on any atom is -0.481 e. The molecule has 2 amide bonds. The van der Waals surface area contributed by atoms with Crippen molar-refractivity contribution >= 4 is 17.5 Å². The zero-order chi connectivity index (χ0) is 18.5. The molecule has 26 heavy (non-hydrogen) atoms. The Morgan fingerprint density at radius 1 is 1.08 bits per heavy atom. The number of rotatable bonds is 5. The Morgan fingerprint density at radius 3 is 2.42 bits per heavy atom. The van der Waals surface area contributed by atoms with Crippen LogP contribution in [0.15, 0.2) is 48.5 Å². The van der Waals surface area contributed by atoms with Gasteiger partial charge in [0, 0.05) is 24.3 Å². The fourth-order valence-electron chi connectivity index (χ4n) is 2.99. The van der Waals surface area contributed by atoms with Gasteiger partial charge in [-0.2, -0.15) is 0 Å². The maximum Gasteiger partial charge on any atom is 0.265 e. The maximum absolute atomic E-state index is 12.3. The van der Waals surface area contributed by atoms with E-state index in [2.05, 4.69) is 5.32 Å². The second-order valence-electron chi connectivity index (χ2n) is 6.64. The average molecular weight is 352 g/mol. The largest absolute Gasteiger partial charge is 0.481 e. The Kier molecular flexibility index (Phi) is 5.56. The zero-order valence-corrected chi connectivity index (χ0v) is 15.2. The highest BCUT2D eigenvalue weighted by molar-refractivity contribution is 5.97. The first-order valence-corrected chi connectivity index (χ1v) is 8.96. The van der Waals surface area contributed by atoms with E-state index >= 15 is 0 Å². The minimum absolute atomic E-state index is 0.0523. The molecule has 0 aliphatic carbocycles. The van der Waals surface area contributed by atoms with Crippen molar-refractivity contribution in [1.82, 2.24) is 4.90 Å². The van der Waals surface area contributed by atoms with E-state index in [1.54, 1.807) is 31.2 Å². The lowest BCUT2D eigenvalue weighted by atomic mass is 10.2. The summed E-state index contributed by atoms with van der Waals surface area (Å²) in [5.41, 5.74) is 2.37. The first-order valence-electron chi connectivity index (χ1n) is 8.96. The summed E-state index contributed by atoms with van der Waals surface area (Å²) in [6.45, 7) is 5.34. The van der Waals surface area contributed by atoms with Crippen molar-refractivity contribution in [1.29, 1.82) is 0 Å². The quantitative estimate of drug-likeness (QED) is 0.894. The fourth-order valence-corrected chi connectivity index (χ4v) is 2.99. The molecule has 1 aliphatic rings. The van der Waals surface area contributed by atoms with Crippen molar-refractivity contribution in [2.75, 3.05) is 18.4 Å². The molecule has 0 unspecified atom stereocenters. The van der Waals surface area contributed by atoms with E-state index in [0.717, 1.165) is 31.5 Å². The molecule has 2 aromatic carbocycles. The van der Waals surface area contributed by atoms with Crippen molar-refractivity contribution < 1.29 is 14.3 Å². The molecule has 3 rings (SSSR count). The maximum atomic E-state index is 12.3. The first-order chi connectivity index (χ1) is 12.5. The van der Waals surface area contributed by atoms with Crippen LogP contribution in [0.2, 0.25) is 0 Å². The second-order valence-corrected chi connectivity index (χ2v) is 6.64. The number of amides is 2. The molecular formula is C21H24N2O3. The minimum atomic E-state index is -0.622. The molecule has 1 aliphatic heterocycles. The van der Waals surface area contributed by atoms with Crippen molar-refractivity contribution in [3.05, 3.63) is 59.7 Å². The molecule has 1 atom stereocenters. The molecule has 1 fully saturated rings. The molecule has 0 aromatic heterocycles. The zero-order valence-electron chi connectivity index (χ0n) is 15.2. The highest BCUT2D eigenvalue weighted by Gasteiger charge is 2.20. The molecule has 5 nitrogen and oxygen atoms in total. The Balaban J connectivity index is 1.57. The number of hydrogen-bond donors (Lipinski definition) is 1. The van der Waals surface area contributed by atoms with Gasteiger partial charge in [-0.3, -0.25) is 9.59 Å². The highest BCUT2D eigenvalue weighted by Crippen LogP contribution is 2.17. The summed E-state index contributed by atoms with van der Waals surface area (Å²) in [6.07, 6.45) is 1.51. The third-order valence-corrected chi connectivity index (χ3v) is 4.46. The molecule has 1 heterocycles. The monoisotopic (exact) mass is 352 g/mol. The van der Waals surface area contributed by atoms with Gasteiger partial charge in [0.25, 0.3) is 11.8 Å². The van der Waals surface area contributed by atoms with Crippen LogP contribution >= 0.6 is 0 Å². The van der Waals surface area contributed by atoms with E-state index in [1.165, 1.54) is 0 Å². The lowest BCUT2D eigenvalue weighted by Crippen LogP contribution is -2.30.